The van der Waals surface area contributed by atoms with Crippen molar-refractivity contribution in [2.45, 2.75) is 52.5 Å². The van der Waals surface area contributed by atoms with Crippen LogP contribution in [0.25, 0.3) is 0 Å². The third kappa shape index (κ3) is 3.97. The molecule has 1 aromatic heterocycles. The van der Waals surface area contributed by atoms with Crippen LogP contribution in [0.1, 0.15) is 64.5 Å². The molecule has 1 aliphatic rings. The number of benzene rings is 1. The van der Waals surface area contributed by atoms with E-state index in [0.29, 0.717) is 17.1 Å². The molecule has 152 valence electrons. The summed E-state index contributed by atoms with van der Waals surface area (Å²) in [6.45, 7) is 5.19. The first-order chi connectivity index (χ1) is 13.8. The molecule has 0 aliphatic heterocycles. The van der Waals surface area contributed by atoms with E-state index in [9.17, 15) is 14.9 Å². The number of esters is 1. The van der Waals surface area contributed by atoms with Crippen LogP contribution in [0.15, 0.2) is 18.2 Å². The summed E-state index contributed by atoms with van der Waals surface area (Å²) in [6, 6.07) is 7.53. The standard InChI is InChI=1S/C22H26N4O3/c1-13-7-6-10-17(20(13)24)22(28)29-12-19(27)25-21-18(11-23)14(2)15(3)26(21)16-8-4-5-9-16/h6-7,10,16H,4-5,8-9,12,24H2,1-3H3,(H,25,27). The molecular formula is C22H26N4O3. The van der Waals surface area contributed by atoms with Crippen molar-refractivity contribution in [2.75, 3.05) is 17.7 Å². The lowest BCUT2D eigenvalue weighted by molar-refractivity contribution is -0.119. The summed E-state index contributed by atoms with van der Waals surface area (Å²) in [6.07, 6.45) is 4.30. The maximum absolute atomic E-state index is 12.5. The summed E-state index contributed by atoms with van der Waals surface area (Å²) in [5.74, 6) is -0.649. The minimum absolute atomic E-state index is 0.233. The number of aromatic nitrogens is 1. The van der Waals surface area contributed by atoms with E-state index >= 15 is 0 Å². The highest BCUT2D eigenvalue weighted by Crippen LogP contribution is 2.37. The number of nitrogen functional groups attached to an aromatic ring is 1. The molecule has 0 spiro atoms. The van der Waals surface area contributed by atoms with Gasteiger partial charge in [0.25, 0.3) is 5.91 Å². The van der Waals surface area contributed by atoms with E-state index in [1.807, 2.05) is 13.8 Å². The number of nitrogens with one attached hydrogen (secondary N) is 1. The summed E-state index contributed by atoms with van der Waals surface area (Å²) in [5.41, 5.74) is 9.55. The number of hydrogen-bond acceptors (Lipinski definition) is 5. The minimum atomic E-state index is -0.652. The van der Waals surface area contributed by atoms with Gasteiger partial charge in [-0.15, -0.1) is 0 Å². The fraction of sp³-hybridized carbons (Fsp3) is 0.409. The first-order valence-electron chi connectivity index (χ1n) is 9.78. The van der Waals surface area contributed by atoms with Crippen molar-refractivity contribution in [1.29, 1.82) is 5.26 Å². The average molecular weight is 394 g/mol. The monoisotopic (exact) mass is 394 g/mol. The van der Waals surface area contributed by atoms with Gasteiger partial charge in [-0.2, -0.15) is 5.26 Å². The Labute approximate surface area is 170 Å². The number of aryl methyl sites for hydroxylation is 1. The summed E-state index contributed by atoms with van der Waals surface area (Å²) in [5, 5.41) is 12.4. The number of amides is 1. The van der Waals surface area contributed by atoms with E-state index in [1.54, 1.807) is 25.1 Å². The molecule has 7 nitrogen and oxygen atoms in total. The third-order valence-corrected chi connectivity index (χ3v) is 5.69. The van der Waals surface area contributed by atoms with Crippen molar-refractivity contribution < 1.29 is 14.3 Å². The van der Waals surface area contributed by atoms with Gasteiger partial charge in [-0.05, 0) is 50.8 Å². The molecule has 0 atom stereocenters. The zero-order valence-corrected chi connectivity index (χ0v) is 17.0. The lowest BCUT2D eigenvalue weighted by atomic mass is 10.1. The lowest BCUT2D eigenvalue weighted by Gasteiger charge is -2.19. The number of rotatable bonds is 5. The molecule has 0 radical (unpaired) electrons. The van der Waals surface area contributed by atoms with Crippen molar-refractivity contribution in [3.05, 3.63) is 46.1 Å². The Bertz CT molecular complexity index is 994. The van der Waals surface area contributed by atoms with Crippen molar-refractivity contribution in [1.82, 2.24) is 4.57 Å². The van der Waals surface area contributed by atoms with Gasteiger partial charge in [0.05, 0.1) is 11.1 Å². The number of nitrogens with zero attached hydrogens (tertiary/aromatic N) is 2. The molecule has 3 N–H and O–H groups in total. The van der Waals surface area contributed by atoms with Gasteiger partial charge >= 0.3 is 5.97 Å². The van der Waals surface area contributed by atoms with Crippen LogP contribution in [-0.4, -0.2) is 23.1 Å². The molecule has 1 fully saturated rings. The Morgan fingerprint density at radius 1 is 1.28 bits per heavy atom. The maximum Gasteiger partial charge on any atom is 0.340 e. The molecule has 7 heteroatoms. The molecule has 0 saturated heterocycles. The van der Waals surface area contributed by atoms with Crippen LogP contribution < -0.4 is 11.1 Å². The van der Waals surface area contributed by atoms with Crippen LogP contribution in [-0.2, 0) is 9.53 Å². The second kappa shape index (κ2) is 8.39. The van der Waals surface area contributed by atoms with Crippen molar-refractivity contribution in [3.63, 3.8) is 0 Å². The van der Waals surface area contributed by atoms with Gasteiger partial charge in [0.15, 0.2) is 6.61 Å². The Hall–Kier alpha value is -3.27. The van der Waals surface area contributed by atoms with Gasteiger partial charge in [0, 0.05) is 17.4 Å². The van der Waals surface area contributed by atoms with Gasteiger partial charge in [0.1, 0.15) is 11.9 Å². The number of carbonyl (C=O) groups excluding carboxylic acids is 2. The number of anilines is 2. The summed E-state index contributed by atoms with van der Waals surface area (Å²) in [7, 11) is 0. The fourth-order valence-electron chi connectivity index (χ4n) is 3.94. The van der Waals surface area contributed by atoms with Gasteiger partial charge in [-0.1, -0.05) is 25.0 Å². The number of hydrogen-bond donors (Lipinski definition) is 2. The molecular weight excluding hydrogens is 368 g/mol. The third-order valence-electron chi connectivity index (χ3n) is 5.69. The molecule has 2 aromatic rings. The first-order valence-corrected chi connectivity index (χ1v) is 9.78. The fourth-order valence-corrected chi connectivity index (χ4v) is 3.94. The summed E-state index contributed by atoms with van der Waals surface area (Å²) in [4.78, 5) is 24.8. The van der Waals surface area contributed by atoms with E-state index < -0.39 is 18.5 Å². The molecule has 1 heterocycles. The second-order valence-electron chi connectivity index (χ2n) is 7.51. The topological polar surface area (TPSA) is 110 Å². The molecule has 1 saturated carbocycles. The van der Waals surface area contributed by atoms with E-state index in [0.717, 1.165) is 42.5 Å². The minimum Gasteiger partial charge on any atom is -0.452 e. The van der Waals surface area contributed by atoms with Crippen molar-refractivity contribution in [2.24, 2.45) is 0 Å². The Morgan fingerprint density at radius 3 is 2.62 bits per heavy atom. The molecule has 0 unspecified atom stereocenters. The van der Waals surface area contributed by atoms with E-state index in [4.69, 9.17) is 10.5 Å². The van der Waals surface area contributed by atoms with Crippen molar-refractivity contribution >= 4 is 23.4 Å². The Morgan fingerprint density at radius 2 is 1.97 bits per heavy atom. The summed E-state index contributed by atoms with van der Waals surface area (Å²) < 4.78 is 7.21. The Balaban J connectivity index is 1.75. The van der Waals surface area contributed by atoms with Crippen LogP contribution >= 0.6 is 0 Å². The zero-order valence-electron chi connectivity index (χ0n) is 17.0. The molecule has 1 aliphatic carbocycles. The average Bonchev–Trinajstić information content (AvgIpc) is 3.29. The molecule has 1 amide bonds. The predicted octanol–water partition coefficient (Wildman–Crippen LogP) is 3.78. The normalized spacial score (nSPS) is 13.9. The van der Waals surface area contributed by atoms with Gasteiger partial charge in [-0.3, -0.25) is 4.79 Å². The lowest BCUT2D eigenvalue weighted by Crippen LogP contribution is -2.24. The van der Waals surface area contributed by atoms with E-state index in [1.165, 1.54) is 0 Å². The number of ether oxygens (including phenoxy) is 1. The highest BCUT2D eigenvalue weighted by molar-refractivity contribution is 5.98. The smallest absolute Gasteiger partial charge is 0.340 e. The summed E-state index contributed by atoms with van der Waals surface area (Å²) >= 11 is 0. The molecule has 3 rings (SSSR count). The van der Waals surface area contributed by atoms with Crippen molar-refractivity contribution in [3.8, 4) is 6.07 Å². The first kappa shape index (κ1) is 20.5. The number of nitrogens with two attached hydrogens (primary N) is 1. The van der Waals surface area contributed by atoms with Crippen LogP contribution in [0.3, 0.4) is 0 Å². The van der Waals surface area contributed by atoms with E-state index in [2.05, 4.69) is 16.0 Å². The van der Waals surface area contributed by atoms with Crippen LogP contribution in [0.4, 0.5) is 11.5 Å². The number of carbonyl (C=O) groups is 2. The predicted molar refractivity (Wildman–Crippen MR) is 111 cm³/mol. The highest BCUT2D eigenvalue weighted by Gasteiger charge is 2.27. The van der Waals surface area contributed by atoms with Crippen LogP contribution in [0.5, 0.6) is 0 Å². The SMILES string of the molecule is Cc1cccc(C(=O)OCC(=O)Nc2c(C#N)c(C)c(C)n2C2CCCC2)c1N. The Kier molecular flexibility index (Phi) is 5.92. The largest absolute Gasteiger partial charge is 0.452 e. The molecule has 0 bridgehead atoms. The quantitative estimate of drug-likeness (QED) is 0.592. The number of nitriles is 1. The molecule has 29 heavy (non-hydrogen) atoms. The van der Waals surface area contributed by atoms with Gasteiger partial charge < -0.3 is 20.4 Å². The number of para-hydroxylation sites is 1. The molecule has 1 aromatic carbocycles. The highest BCUT2D eigenvalue weighted by atomic mass is 16.5. The van der Waals surface area contributed by atoms with Crippen LogP contribution in [0.2, 0.25) is 0 Å². The maximum atomic E-state index is 12.5. The van der Waals surface area contributed by atoms with Crippen LogP contribution in [0, 0.1) is 32.1 Å². The zero-order chi connectivity index (χ0) is 21.1. The van der Waals surface area contributed by atoms with Gasteiger partial charge in [-0.25, -0.2) is 4.79 Å². The second-order valence-corrected chi connectivity index (χ2v) is 7.51. The van der Waals surface area contributed by atoms with Gasteiger partial charge in [0.2, 0.25) is 0 Å². The van der Waals surface area contributed by atoms with E-state index in [-0.39, 0.29) is 11.6 Å².